The van der Waals surface area contributed by atoms with E-state index in [1.807, 2.05) is 42.8 Å². The maximum absolute atomic E-state index is 6.25. The summed E-state index contributed by atoms with van der Waals surface area (Å²) in [5.41, 5.74) is 0. The van der Waals surface area contributed by atoms with E-state index in [1.54, 1.807) is 0 Å². The lowest BCUT2D eigenvalue weighted by atomic mass is 10.2. The number of aliphatic imine (C=N–C) groups is 1. The summed E-state index contributed by atoms with van der Waals surface area (Å²) in [6.07, 6.45) is 3.42. The van der Waals surface area contributed by atoms with Gasteiger partial charge in [-0.1, -0.05) is 23.7 Å². The zero-order chi connectivity index (χ0) is 20.9. The SMILES string of the molecule is Cc1nnc(CN=C(NCC2CCCO2)N2CCC(Oc3ccccc3Cl)C2)n1C. The standard InChI is InChI=1S/C21H29ClN6O2/c1-15-25-26-20(27(15)2)13-24-21(23-12-16-6-5-11-29-16)28-10-9-17(14-28)30-19-8-4-3-7-18(19)22/h3-4,7-8,16-17H,5-6,9-14H2,1-2H3,(H,23,24). The largest absolute Gasteiger partial charge is 0.487 e. The molecule has 30 heavy (non-hydrogen) atoms. The molecule has 2 aliphatic rings. The van der Waals surface area contributed by atoms with Crippen LogP contribution in [-0.2, 0) is 18.3 Å². The van der Waals surface area contributed by atoms with Crippen molar-refractivity contribution in [3.63, 3.8) is 0 Å². The fourth-order valence-corrected chi connectivity index (χ4v) is 3.93. The van der Waals surface area contributed by atoms with Crippen LogP contribution in [-0.4, -0.2) is 64.1 Å². The number of aryl methyl sites for hydroxylation is 1. The molecule has 9 heteroatoms. The van der Waals surface area contributed by atoms with Gasteiger partial charge in [0.05, 0.1) is 17.7 Å². The zero-order valence-electron chi connectivity index (χ0n) is 17.6. The van der Waals surface area contributed by atoms with E-state index >= 15 is 0 Å². The second-order valence-electron chi connectivity index (χ2n) is 7.78. The van der Waals surface area contributed by atoms with Gasteiger partial charge in [0.25, 0.3) is 0 Å². The highest BCUT2D eigenvalue weighted by molar-refractivity contribution is 6.32. The van der Waals surface area contributed by atoms with Gasteiger partial charge < -0.3 is 24.3 Å². The Balaban J connectivity index is 1.42. The molecule has 2 fully saturated rings. The van der Waals surface area contributed by atoms with Gasteiger partial charge in [-0.15, -0.1) is 10.2 Å². The Morgan fingerprint density at radius 2 is 2.20 bits per heavy atom. The lowest BCUT2D eigenvalue weighted by Gasteiger charge is -2.23. The summed E-state index contributed by atoms with van der Waals surface area (Å²) in [6.45, 7) is 5.62. The smallest absolute Gasteiger partial charge is 0.194 e. The molecular weight excluding hydrogens is 404 g/mol. The molecule has 0 aliphatic carbocycles. The summed E-state index contributed by atoms with van der Waals surface area (Å²) in [5, 5.41) is 12.5. The van der Waals surface area contributed by atoms with Crippen LogP contribution in [0.2, 0.25) is 5.02 Å². The Bertz CT molecular complexity index is 880. The quantitative estimate of drug-likeness (QED) is 0.558. The first-order chi connectivity index (χ1) is 14.6. The molecule has 0 radical (unpaired) electrons. The van der Waals surface area contributed by atoms with Gasteiger partial charge >= 0.3 is 0 Å². The van der Waals surface area contributed by atoms with E-state index in [0.717, 1.165) is 68.9 Å². The van der Waals surface area contributed by atoms with E-state index in [1.165, 1.54) is 0 Å². The fourth-order valence-electron chi connectivity index (χ4n) is 3.75. The number of ether oxygens (including phenoxy) is 2. The van der Waals surface area contributed by atoms with E-state index in [0.29, 0.717) is 11.6 Å². The van der Waals surface area contributed by atoms with Crippen molar-refractivity contribution in [1.29, 1.82) is 0 Å². The minimum Gasteiger partial charge on any atom is -0.487 e. The van der Waals surface area contributed by atoms with E-state index in [2.05, 4.69) is 20.4 Å². The molecule has 3 heterocycles. The summed E-state index contributed by atoms with van der Waals surface area (Å²) in [5.74, 6) is 3.30. The average Bonchev–Trinajstić information content (AvgIpc) is 3.49. The van der Waals surface area contributed by atoms with Crippen molar-refractivity contribution >= 4 is 17.6 Å². The van der Waals surface area contributed by atoms with Gasteiger partial charge in [0.2, 0.25) is 0 Å². The number of hydrogen-bond acceptors (Lipinski definition) is 5. The lowest BCUT2D eigenvalue weighted by molar-refractivity contribution is 0.113. The summed E-state index contributed by atoms with van der Waals surface area (Å²) in [7, 11) is 1.96. The number of likely N-dealkylation sites (tertiary alicyclic amines) is 1. The minimum atomic E-state index is 0.0664. The van der Waals surface area contributed by atoms with Gasteiger partial charge in [-0.05, 0) is 31.9 Å². The van der Waals surface area contributed by atoms with E-state index in [9.17, 15) is 0 Å². The van der Waals surface area contributed by atoms with Crippen LogP contribution in [0.25, 0.3) is 0 Å². The molecular formula is C21H29ClN6O2. The summed E-state index contributed by atoms with van der Waals surface area (Å²) < 4.78 is 13.9. The van der Waals surface area contributed by atoms with Crippen molar-refractivity contribution in [3.8, 4) is 5.75 Å². The Morgan fingerprint density at radius 3 is 2.93 bits per heavy atom. The van der Waals surface area contributed by atoms with Crippen molar-refractivity contribution in [2.75, 3.05) is 26.2 Å². The molecule has 0 bridgehead atoms. The van der Waals surface area contributed by atoms with Crippen molar-refractivity contribution in [1.82, 2.24) is 25.0 Å². The topological polar surface area (TPSA) is 76.8 Å². The third-order valence-corrected chi connectivity index (χ3v) is 5.95. The molecule has 0 amide bonds. The lowest BCUT2D eigenvalue weighted by Crippen LogP contribution is -2.43. The van der Waals surface area contributed by atoms with E-state index in [4.69, 9.17) is 26.1 Å². The number of rotatable bonds is 6. The van der Waals surface area contributed by atoms with Gasteiger partial charge in [0, 0.05) is 33.2 Å². The van der Waals surface area contributed by atoms with E-state index < -0.39 is 0 Å². The Morgan fingerprint density at radius 1 is 1.33 bits per heavy atom. The van der Waals surface area contributed by atoms with Crippen LogP contribution in [0.15, 0.2) is 29.3 Å². The first kappa shape index (κ1) is 20.9. The van der Waals surface area contributed by atoms with Crippen molar-refractivity contribution < 1.29 is 9.47 Å². The van der Waals surface area contributed by atoms with Gasteiger partial charge in [-0.25, -0.2) is 4.99 Å². The predicted octanol–water partition coefficient (Wildman–Crippen LogP) is 2.55. The van der Waals surface area contributed by atoms with Crippen LogP contribution in [0, 0.1) is 6.92 Å². The number of aromatic nitrogens is 3. The number of guanidine groups is 1. The second-order valence-corrected chi connectivity index (χ2v) is 8.19. The molecule has 2 aliphatic heterocycles. The zero-order valence-corrected chi connectivity index (χ0v) is 18.3. The molecule has 2 aromatic rings. The Hall–Kier alpha value is -2.32. The second kappa shape index (κ2) is 9.66. The molecule has 1 aromatic heterocycles. The fraction of sp³-hybridized carbons (Fsp3) is 0.571. The third kappa shape index (κ3) is 5.05. The molecule has 2 atom stereocenters. The van der Waals surface area contributed by atoms with Crippen molar-refractivity contribution in [2.24, 2.45) is 12.0 Å². The monoisotopic (exact) mass is 432 g/mol. The first-order valence-corrected chi connectivity index (χ1v) is 10.9. The Labute approximate surface area is 182 Å². The highest BCUT2D eigenvalue weighted by Gasteiger charge is 2.28. The normalized spacial score (nSPS) is 22.0. The van der Waals surface area contributed by atoms with Crippen LogP contribution in [0.4, 0.5) is 0 Å². The number of para-hydroxylation sites is 1. The molecule has 8 nitrogen and oxygen atoms in total. The molecule has 162 valence electrons. The van der Waals surface area contributed by atoms with Crippen molar-refractivity contribution in [2.45, 2.75) is 44.9 Å². The number of hydrogen-bond donors (Lipinski definition) is 1. The minimum absolute atomic E-state index is 0.0664. The van der Waals surface area contributed by atoms with Crippen LogP contribution >= 0.6 is 11.6 Å². The molecule has 2 saturated heterocycles. The van der Waals surface area contributed by atoms with Gasteiger partial charge in [0.1, 0.15) is 24.2 Å². The van der Waals surface area contributed by atoms with Crippen LogP contribution in [0.1, 0.15) is 30.9 Å². The molecule has 2 unspecified atom stereocenters. The number of nitrogens with one attached hydrogen (secondary N) is 1. The van der Waals surface area contributed by atoms with Crippen molar-refractivity contribution in [3.05, 3.63) is 40.9 Å². The number of nitrogens with zero attached hydrogens (tertiary/aromatic N) is 5. The van der Waals surface area contributed by atoms with E-state index in [-0.39, 0.29) is 12.2 Å². The molecule has 0 saturated carbocycles. The number of halogens is 1. The van der Waals surface area contributed by atoms with Gasteiger partial charge in [0.15, 0.2) is 11.8 Å². The average molecular weight is 433 g/mol. The maximum atomic E-state index is 6.25. The highest BCUT2D eigenvalue weighted by atomic mass is 35.5. The number of benzene rings is 1. The van der Waals surface area contributed by atoms with Gasteiger partial charge in [-0.3, -0.25) is 0 Å². The molecule has 1 N–H and O–H groups in total. The van der Waals surface area contributed by atoms with Crippen LogP contribution in [0.5, 0.6) is 5.75 Å². The molecule has 1 aromatic carbocycles. The predicted molar refractivity (Wildman–Crippen MR) is 116 cm³/mol. The summed E-state index contributed by atoms with van der Waals surface area (Å²) in [4.78, 5) is 7.08. The molecule has 4 rings (SSSR count). The summed E-state index contributed by atoms with van der Waals surface area (Å²) >= 11 is 6.25. The van der Waals surface area contributed by atoms with Gasteiger partial charge in [-0.2, -0.15) is 0 Å². The Kier molecular flexibility index (Phi) is 6.74. The first-order valence-electron chi connectivity index (χ1n) is 10.5. The maximum Gasteiger partial charge on any atom is 0.194 e. The summed E-state index contributed by atoms with van der Waals surface area (Å²) in [6, 6.07) is 7.60. The third-order valence-electron chi connectivity index (χ3n) is 5.64. The van der Waals surface area contributed by atoms with Crippen LogP contribution < -0.4 is 10.1 Å². The highest BCUT2D eigenvalue weighted by Crippen LogP contribution is 2.26. The van der Waals surface area contributed by atoms with Crippen LogP contribution in [0.3, 0.4) is 0 Å². The molecule has 0 spiro atoms.